The smallest absolute Gasteiger partial charge is 0.225 e. The number of rotatable bonds is 4. The van der Waals surface area contributed by atoms with Crippen molar-refractivity contribution >= 4 is 11.9 Å². The van der Waals surface area contributed by atoms with Crippen molar-refractivity contribution < 1.29 is 0 Å². The van der Waals surface area contributed by atoms with E-state index in [4.69, 9.17) is 10.7 Å². The highest BCUT2D eigenvalue weighted by Crippen LogP contribution is 2.37. The van der Waals surface area contributed by atoms with Gasteiger partial charge in [-0.15, -0.1) is 0 Å². The minimum atomic E-state index is 0.385. The zero-order valence-corrected chi connectivity index (χ0v) is 14.3. The van der Waals surface area contributed by atoms with Gasteiger partial charge in [0.25, 0.3) is 0 Å². The second-order valence-corrected chi connectivity index (χ2v) is 6.76. The summed E-state index contributed by atoms with van der Waals surface area (Å²) >= 11 is 0. The van der Waals surface area contributed by atoms with Crippen molar-refractivity contribution in [3.8, 4) is 0 Å². The molecule has 1 saturated carbocycles. The largest absolute Gasteiger partial charge is 0.370 e. The maximum Gasteiger partial charge on any atom is 0.225 e. The molecule has 130 valence electrons. The second kappa shape index (κ2) is 7.09. The summed E-state index contributed by atoms with van der Waals surface area (Å²) in [4.78, 5) is 17.8. The molecule has 2 heterocycles. The van der Waals surface area contributed by atoms with Gasteiger partial charge in [-0.25, -0.2) is 15.0 Å². The van der Waals surface area contributed by atoms with Gasteiger partial charge in [-0.05, 0) is 30.4 Å². The molecule has 1 aromatic heterocycles. The lowest BCUT2D eigenvalue weighted by atomic mass is 10.1. The Kier molecular flexibility index (Phi) is 4.50. The lowest BCUT2D eigenvalue weighted by molar-refractivity contribution is 0.377. The molecular weight excluding hydrogens is 312 g/mol. The van der Waals surface area contributed by atoms with E-state index in [1.165, 1.54) is 5.56 Å². The van der Waals surface area contributed by atoms with Gasteiger partial charge in [0.2, 0.25) is 5.95 Å². The normalized spacial score (nSPS) is 23.6. The van der Waals surface area contributed by atoms with Crippen LogP contribution in [0.2, 0.25) is 0 Å². The predicted octanol–water partition coefficient (Wildman–Crippen LogP) is 1.54. The number of nitrogens with two attached hydrogens (primary N) is 1. The first kappa shape index (κ1) is 15.9. The Balaban J connectivity index is 1.28. The summed E-state index contributed by atoms with van der Waals surface area (Å²) in [6.45, 7) is 3.48. The second-order valence-electron chi connectivity index (χ2n) is 6.76. The molecule has 2 aliphatic rings. The molecule has 2 atom stereocenters. The van der Waals surface area contributed by atoms with Crippen LogP contribution in [-0.4, -0.2) is 53.0 Å². The monoisotopic (exact) mass is 336 g/mol. The minimum Gasteiger partial charge on any atom is -0.370 e. The number of benzene rings is 1. The molecule has 1 aliphatic heterocycles. The topological polar surface area (TPSA) is 70.6 Å². The summed E-state index contributed by atoms with van der Waals surface area (Å²) in [5.74, 6) is 2.12. The van der Waals surface area contributed by atoms with E-state index >= 15 is 0 Å². The molecule has 0 bridgehead atoms. The quantitative estimate of drug-likeness (QED) is 0.677. The van der Waals surface area contributed by atoms with Crippen molar-refractivity contribution in [1.29, 1.82) is 0 Å². The third-order valence-electron chi connectivity index (χ3n) is 4.96. The molecule has 1 aromatic carbocycles. The van der Waals surface area contributed by atoms with Crippen LogP contribution in [0.1, 0.15) is 12.0 Å². The summed E-state index contributed by atoms with van der Waals surface area (Å²) in [7, 11) is 0. The van der Waals surface area contributed by atoms with Gasteiger partial charge in [0.15, 0.2) is 5.96 Å². The van der Waals surface area contributed by atoms with Crippen LogP contribution in [0.5, 0.6) is 0 Å². The van der Waals surface area contributed by atoms with Crippen molar-refractivity contribution in [3.63, 3.8) is 0 Å². The van der Waals surface area contributed by atoms with E-state index in [-0.39, 0.29) is 0 Å². The number of anilines is 1. The van der Waals surface area contributed by atoms with Crippen molar-refractivity contribution in [2.75, 3.05) is 31.1 Å². The molecule has 25 heavy (non-hydrogen) atoms. The molecule has 2 unspecified atom stereocenters. The number of aliphatic imine (C=N–C) groups is 1. The van der Waals surface area contributed by atoms with Gasteiger partial charge in [0.05, 0.1) is 6.04 Å². The average Bonchev–Trinajstić information content (AvgIpc) is 3.40. The molecule has 1 saturated heterocycles. The molecule has 2 fully saturated rings. The SMILES string of the molecule is NC(=NC1CC1Cc1ccccc1)N1CCN(c2ncccn2)CC1. The minimum absolute atomic E-state index is 0.385. The molecule has 2 aromatic rings. The van der Waals surface area contributed by atoms with Crippen molar-refractivity contribution in [2.24, 2.45) is 16.6 Å². The van der Waals surface area contributed by atoms with Crippen LogP contribution in [0.25, 0.3) is 0 Å². The molecular formula is C19H24N6. The van der Waals surface area contributed by atoms with Crippen LogP contribution in [0.3, 0.4) is 0 Å². The van der Waals surface area contributed by atoms with Gasteiger partial charge < -0.3 is 15.5 Å². The molecule has 4 rings (SSSR count). The first-order valence-corrected chi connectivity index (χ1v) is 8.94. The highest BCUT2D eigenvalue weighted by atomic mass is 15.4. The van der Waals surface area contributed by atoms with E-state index in [9.17, 15) is 0 Å². The number of hydrogen-bond donors (Lipinski definition) is 1. The lowest BCUT2D eigenvalue weighted by Crippen LogP contribution is -2.51. The van der Waals surface area contributed by atoms with E-state index in [1.807, 2.05) is 6.07 Å². The van der Waals surface area contributed by atoms with Crippen LogP contribution in [0, 0.1) is 5.92 Å². The molecule has 0 spiro atoms. The van der Waals surface area contributed by atoms with Gasteiger partial charge in [-0.1, -0.05) is 30.3 Å². The summed E-state index contributed by atoms with van der Waals surface area (Å²) < 4.78 is 0. The van der Waals surface area contributed by atoms with Crippen LogP contribution < -0.4 is 10.6 Å². The van der Waals surface area contributed by atoms with Crippen LogP contribution in [0.4, 0.5) is 5.95 Å². The molecule has 6 heteroatoms. The standard InChI is InChI=1S/C19H24N6/c20-18(23-17-14-16(17)13-15-5-2-1-3-6-15)24-9-11-25(12-10-24)19-21-7-4-8-22-19/h1-8,16-17H,9-14H2,(H2,20,23). The third-order valence-corrected chi connectivity index (χ3v) is 4.96. The highest BCUT2D eigenvalue weighted by molar-refractivity contribution is 5.78. The zero-order valence-electron chi connectivity index (χ0n) is 14.3. The highest BCUT2D eigenvalue weighted by Gasteiger charge is 2.37. The van der Waals surface area contributed by atoms with Crippen molar-refractivity contribution in [1.82, 2.24) is 14.9 Å². The molecule has 0 radical (unpaired) electrons. The number of nitrogens with zero attached hydrogens (tertiary/aromatic N) is 5. The Morgan fingerprint density at radius 3 is 2.48 bits per heavy atom. The van der Waals surface area contributed by atoms with Gasteiger partial charge >= 0.3 is 0 Å². The Labute approximate surface area is 148 Å². The van der Waals surface area contributed by atoms with Crippen LogP contribution in [-0.2, 0) is 6.42 Å². The van der Waals surface area contributed by atoms with E-state index < -0.39 is 0 Å². The van der Waals surface area contributed by atoms with Gasteiger partial charge in [-0.3, -0.25) is 0 Å². The van der Waals surface area contributed by atoms with E-state index in [0.717, 1.165) is 45.0 Å². The summed E-state index contributed by atoms with van der Waals surface area (Å²) in [6, 6.07) is 12.9. The van der Waals surface area contributed by atoms with Crippen LogP contribution in [0.15, 0.2) is 53.8 Å². The number of aromatic nitrogens is 2. The number of guanidine groups is 1. The fraction of sp³-hybridized carbons (Fsp3) is 0.421. The fourth-order valence-corrected chi connectivity index (χ4v) is 3.37. The van der Waals surface area contributed by atoms with E-state index in [2.05, 4.69) is 50.1 Å². The Morgan fingerprint density at radius 1 is 1.04 bits per heavy atom. The molecule has 0 amide bonds. The van der Waals surface area contributed by atoms with Crippen molar-refractivity contribution in [3.05, 3.63) is 54.4 Å². The fourth-order valence-electron chi connectivity index (χ4n) is 3.37. The number of hydrogen-bond acceptors (Lipinski definition) is 4. The summed E-state index contributed by atoms with van der Waals surface area (Å²) in [5.41, 5.74) is 7.64. The Morgan fingerprint density at radius 2 is 1.76 bits per heavy atom. The molecule has 2 N–H and O–H groups in total. The van der Waals surface area contributed by atoms with Crippen molar-refractivity contribution in [2.45, 2.75) is 18.9 Å². The van der Waals surface area contributed by atoms with Gasteiger partial charge in [0, 0.05) is 38.6 Å². The average molecular weight is 336 g/mol. The lowest BCUT2D eigenvalue weighted by Gasteiger charge is -2.35. The zero-order chi connectivity index (χ0) is 17.1. The third kappa shape index (κ3) is 3.90. The maximum absolute atomic E-state index is 6.26. The number of piperazine rings is 1. The summed E-state index contributed by atoms with van der Waals surface area (Å²) in [6.07, 6.45) is 5.81. The first-order chi connectivity index (χ1) is 12.3. The Bertz CT molecular complexity index is 709. The Hall–Kier alpha value is -2.63. The first-order valence-electron chi connectivity index (χ1n) is 8.94. The molecule has 6 nitrogen and oxygen atoms in total. The van der Waals surface area contributed by atoms with E-state index in [1.54, 1.807) is 12.4 Å². The van der Waals surface area contributed by atoms with Crippen LogP contribution >= 0.6 is 0 Å². The summed E-state index contributed by atoms with van der Waals surface area (Å²) in [5, 5.41) is 0. The predicted molar refractivity (Wildman–Crippen MR) is 99.5 cm³/mol. The van der Waals surface area contributed by atoms with Gasteiger partial charge in [0.1, 0.15) is 0 Å². The maximum atomic E-state index is 6.26. The molecule has 1 aliphatic carbocycles. The van der Waals surface area contributed by atoms with Gasteiger partial charge in [-0.2, -0.15) is 0 Å². The van der Waals surface area contributed by atoms with E-state index in [0.29, 0.717) is 17.9 Å².